The fourth-order valence-corrected chi connectivity index (χ4v) is 2.39. The summed E-state index contributed by atoms with van der Waals surface area (Å²) in [6, 6.07) is 1.77. The highest BCUT2D eigenvalue weighted by Gasteiger charge is 2.22. The van der Waals surface area contributed by atoms with E-state index in [4.69, 9.17) is 0 Å². The number of hydrogen-bond acceptors (Lipinski definition) is 5. The molecule has 0 aromatic carbocycles. The van der Waals surface area contributed by atoms with E-state index in [0.717, 1.165) is 11.2 Å². The number of anilines is 1. The monoisotopic (exact) mass is 318 g/mol. The molecule has 124 valence electrons. The summed E-state index contributed by atoms with van der Waals surface area (Å²) in [5, 5.41) is 3.31. The van der Waals surface area contributed by atoms with Crippen molar-refractivity contribution >= 4 is 28.7 Å². The van der Waals surface area contributed by atoms with Gasteiger partial charge in [-0.25, -0.2) is 9.97 Å². The molecule has 2 rings (SSSR count). The zero-order chi connectivity index (χ0) is 17.3. The van der Waals surface area contributed by atoms with Crippen LogP contribution in [0.2, 0.25) is 0 Å². The summed E-state index contributed by atoms with van der Waals surface area (Å²) in [7, 11) is 8.72. The number of aromatic nitrogens is 3. The first-order chi connectivity index (χ1) is 10.8. The molecule has 0 bridgehead atoms. The van der Waals surface area contributed by atoms with Gasteiger partial charge in [-0.3, -0.25) is 9.59 Å². The van der Waals surface area contributed by atoms with Crippen LogP contribution in [0.15, 0.2) is 6.07 Å². The third-order valence-electron chi connectivity index (χ3n) is 3.63. The largest absolute Gasteiger partial charge is 0.362 e. The summed E-state index contributed by atoms with van der Waals surface area (Å²) in [5.74, 6) is 0.942. The van der Waals surface area contributed by atoms with Crippen LogP contribution in [0.1, 0.15) is 16.3 Å². The average molecular weight is 318 g/mol. The van der Waals surface area contributed by atoms with Crippen LogP contribution in [-0.2, 0) is 11.8 Å². The van der Waals surface area contributed by atoms with Crippen LogP contribution in [0, 0.1) is 6.92 Å². The number of likely N-dealkylation sites (N-methyl/N-ethyl adjacent to an activating group) is 2. The molecule has 1 N–H and O–H groups in total. The minimum Gasteiger partial charge on any atom is -0.362 e. The summed E-state index contributed by atoms with van der Waals surface area (Å²) in [4.78, 5) is 36.2. The highest BCUT2D eigenvalue weighted by atomic mass is 16.2. The molecule has 0 unspecified atom stereocenters. The van der Waals surface area contributed by atoms with Gasteiger partial charge in [0.05, 0.1) is 11.9 Å². The fourth-order valence-electron chi connectivity index (χ4n) is 2.39. The number of amides is 2. The van der Waals surface area contributed by atoms with Crippen LogP contribution in [0.5, 0.6) is 0 Å². The molecule has 23 heavy (non-hydrogen) atoms. The smallest absolute Gasteiger partial charge is 0.270 e. The molecular formula is C15H22N6O2. The maximum Gasteiger partial charge on any atom is 0.270 e. The summed E-state index contributed by atoms with van der Waals surface area (Å²) < 4.78 is 1.74. The lowest BCUT2D eigenvalue weighted by atomic mass is 10.3. The van der Waals surface area contributed by atoms with E-state index >= 15 is 0 Å². The number of carbonyl (C=O) groups excluding carboxylic acids is 2. The molecule has 0 saturated carbocycles. The van der Waals surface area contributed by atoms with Crippen molar-refractivity contribution in [2.45, 2.75) is 6.92 Å². The van der Waals surface area contributed by atoms with E-state index in [0.29, 0.717) is 17.2 Å². The third-order valence-corrected chi connectivity index (χ3v) is 3.63. The fraction of sp³-hybridized carbons (Fsp3) is 0.467. The molecule has 0 aliphatic rings. The van der Waals surface area contributed by atoms with Crippen molar-refractivity contribution < 1.29 is 9.59 Å². The number of nitrogens with zero attached hydrogens (tertiary/aromatic N) is 5. The number of nitrogens with one attached hydrogen (secondary N) is 1. The summed E-state index contributed by atoms with van der Waals surface area (Å²) >= 11 is 0. The molecule has 2 aromatic heterocycles. The maximum atomic E-state index is 12.6. The quantitative estimate of drug-likeness (QED) is 0.868. The van der Waals surface area contributed by atoms with Crippen LogP contribution < -0.4 is 10.2 Å². The van der Waals surface area contributed by atoms with Gasteiger partial charge in [-0.15, -0.1) is 0 Å². The Balaban J connectivity index is 2.50. The Morgan fingerprint density at radius 2 is 1.91 bits per heavy atom. The Bertz CT molecular complexity index is 765. The zero-order valence-corrected chi connectivity index (χ0v) is 14.3. The predicted molar refractivity (Wildman–Crippen MR) is 88.6 cm³/mol. The predicted octanol–water partition coefficient (Wildman–Crippen LogP) is 0.161. The van der Waals surface area contributed by atoms with E-state index in [1.165, 1.54) is 4.90 Å². The maximum absolute atomic E-state index is 12.6. The molecule has 8 nitrogen and oxygen atoms in total. The van der Waals surface area contributed by atoms with Gasteiger partial charge in [0, 0.05) is 35.2 Å². The van der Waals surface area contributed by atoms with Gasteiger partial charge in [0.1, 0.15) is 23.0 Å². The number of aryl methyl sites for hydroxylation is 2. The van der Waals surface area contributed by atoms with Gasteiger partial charge in [-0.2, -0.15) is 0 Å². The lowest BCUT2D eigenvalue weighted by Gasteiger charge is -2.16. The van der Waals surface area contributed by atoms with Crippen molar-refractivity contribution in [1.29, 1.82) is 0 Å². The molecule has 0 aliphatic carbocycles. The molecule has 2 amide bonds. The van der Waals surface area contributed by atoms with Gasteiger partial charge in [-0.1, -0.05) is 0 Å². The van der Waals surface area contributed by atoms with E-state index in [1.54, 1.807) is 31.8 Å². The van der Waals surface area contributed by atoms with E-state index in [-0.39, 0.29) is 18.4 Å². The van der Waals surface area contributed by atoms with Gasteiger partial charge in [0.25, 0.3) is 5.91 Å². The van der Waals surface area contributed by atoms with Crippen LogP contribution >= 0.6 is 0 Å². The molecule has 2 aromatic rings. The van der Waals surface area contributed by atoms with Gasteiger partial charge in [0.2, 0.25) is 5.91 Å². The SMILES string of the molecule is CNC(=O)CN(C)C(=O)c1cc2c(N(C)C)nc(C)nc2n1C. The second-order valence-electron chi connectivity index (χ2n) is 5.65. The van der Waals surface area contributed by atoms with E-state index in [9.17, 15) is 9.59 Å². The Hall–Kier alpha value is -2.64. The van der Waals surface area contributed by atoms with Crippen LogP contribution in [0.25, 0.3) is 11.0 Å². The Labute approximate surface area is 135 Å². The lowest BCUT2D eigenvalue weighted by Crippen LogP contribution is -2.37. The molecular weight excluding hydrogens is 296 g/mol. The Kier molecular flexibility index (Phi) is 4.53. The van der Waals surface area contributed by atoms with Crippen molar-refractivity contribution in [3.05, 3.63) is 17.6 Å². The van der Waals surface area contributed by atoms with Crippen LogP contribution in [0.4, 0.5) is 5.82 Å². The normalized spacial score (nSPS) is 10.7. The van der Waals surface area contributed by atoms with Crippen molar-refractivity contribution in [3.8, 4) is 0 Å². The van der Waals surface area contributed by atoms with Crippen molar-refractivity contribution in [1.82, 2.24) is 24.8 Å². The average Bonchev–Trinajstić information content (AvgIpc) is 2.82. The standard InChI is InChI=1S/C15H22N6O2/c1-9-17-13(19(3)4)10-7-11(21(6)14(10)18-9)15(23)20(5)8-12(22)16-2/h7H,8H2,1-6H3,(H,16,22). The van der Waals surface area contributed by atoms with Gasteiger partial charge in [0.15, 0.2) is 0 Å². The van der Waals surface area contributed by atoms with Gasteiger partial charge < -0.3 is 19.7 Å². The number of rotatable bonds is 4. The van der Waals surface area contributed by atoms with Crippen LogP contribution in [-0.4, -0.2) is 66.0 Å². The lowest BCUT2D eigenvalue weighted by molar-refractivity contribution is -0.121. The first-order valence-corrected chi connectivity index (χ1v) is 7.23. The Morgan fingerprint density at radius 3 is 2.48 bits per heavy atom. The Morgan fingerprint density at radius 1 is 1.26 bits per heavy atom. The second kappa shape index (κ2) is 6.23. The number of fused-ring (bicyclic) bond motifs is 1. The van der Waals surface area contributed by atoms with Crippen molar-refractivity contribution in [2.24, 2.45) is 7.05 Å². The molecule has 0 radical (unpaired) electrons. The molecule has 0 fully saturated rings. The molecule has 0 aliphatic heterocycles. The molecule has 0 atom stereocenters. The first-order valence-electron chi connectivity index (χ1n) is 7.23. The van der Waals surface area contributed by atoms with Crippen LogP contribution in [0.3, 0.4) is 0 Å². The van der Waals surface area contributed by atoms with Gasteiger partial charge in [-0.05, 0) is 13.0 Å². The van der Waals surface area contributed by atoms with E-state index < -0.39 is 0 Å². The topological polar surface area (TPSA) is 83.4 Å². The van der Waals surface area contributed by atoms with Gasteiger partial charge >= 0.3 is 0 Å². The summed E-state index contributed by atoms with van der Waals surface area (Å²) in [6.45, 7) is 1.82. The summed E-state index contributed by atoms with van der Waals surface area (Å²) in [5.41, 5.74) is 1.16. The first kappa shape index (κ1) is 16.7. The van der Waals surface area contributed by atoms with Crippen molar-refractivity contribution in [3.63, 3.8) is 0 Å². The van der Waals surface area contributed by atoms with E-state index in [1.807, 2.05) is 25.9 Å². The highest BCUT2D eigenvalue weighted by Crippen LogP contribution is 2.26. The molecule has 2 heterocycles. The van der Waals surface area contributed by atoms with E-state index in [2.05, 4.69) is 15.3 Å². The summed E-state index contributed by atoms with van der Waals surface area (Å²) in [6.07, 6.45) is 0. The third kappa shape index (κ3) is 3.10. The molecule has 8 heteroatoms. The molecule has 0 saturated heterocycles. The molecule has 0 spiro atoms. The minimum atomic E-state index is -0.239. The highest BCUT2D eigenvalue weighted by molar-refractivity contribution is 6.01. The zero-order valence-electron chi connectivity index (χ0n) is 14.3. The van der Waals surface area contributed by atoms with Crippen molar-refractivity contribution in [2.75, 3.05) is 39.6 Å². The second-order valence-corrected chi connectivity index (χ2v) is 5.65. The number of carbonyl (C=O) groups is 2. The minimum absolute atomic E-state index is 0.00209. The number of hydrogen-bond donors (Lipinski definition) is 1.